The summed E-state index contributed by atoms with van der Waals surface area (Å²) in [6, 6.07) is 12.8. The number of hydrogen-bond donors (Lipinski definition) is 1. The van der Waals surface area contributed by atoms with Crippen LogP contribution in [0.4, 0.5) is 0 Å². The van der Waals surface area contributed by atoms with Crippen LogP contribution in [0.5, 0.6) is 11.5 Å². The number of ether oxygens (including phenoxy) is 1. The van der Waals surface area contributed by atoms with Gasteiger partial charge in [0.1, 0.15) is 11.5 Å². The molecule has 0 unspecified atom stereocenters. The third-order valence-electron chi connectivity index (χ3n) is 4.39. The topological polar surface area (TPSA) is 62.7 Å². The van der Waals surface area contributed by atoms with Crippen molar-refractivity contribution in [2.75, 3.05) is 21.2 Å². The van der Waals surface area contributed by atoms with E-state index in [1.807, 2.05) is 31.2 Å². The zero-order chi connectivity index (χ0) is 18.8. The molecule has 3 aromatic rings. The molecular formula is C21H22N2O3. The Morgan fingerprint density at radius 2 is 1.92 bits per heavy atom. The largest absolute Gasteiger partial charge is 0.508 e. The molecule has 0 saturated heterocycles. The predicted octanol–water partition coefficient (Wildman–Crippen LogP) is 3.56. The third kappa shape index (κ3) is 3.47. The molecule has 134 valence electrons. The number of phenols is 1. The third-order valence-corrected chi connectivity index (χ3v) is 4.39. The van der Waals surface area contributed by atoms with Gasteiger partial charge in [-0.05, 0) is 54.4 Å². The summed E-state index contributed by atoms with van der Waals surface area (Å²) in [5, 5.41) is 10.8. The maximum absolute atomic E-state index is 11.9. The molecule has 0 spiro atoms. The minimum absolute atomic E-state index is 0.0658. The lowest BCUT2D eigenvalue weighted by molar-refractivity contribution is -0.127. The summed E-state index contributed by atoms with van der Waals surface area (Å²) in [5.74, 6) is 0.885. The van der Waals surface area contributed by atoms with Gasteiger partial charge in [0.05, 0.1) is 24.7 Å². The van der Waals surface area contributed by atoms with Crippen LogP contribution in [0.2, 0.25) is 0 Å². The summed E-state index contributed by atoms with van der Waals surface area (Å²) in [4.78, 5) is 18.3. The number of amides is 1. The van der Waals surface area contributed by atoms with Crippen molar-refractivity contribution in [2.45, 2.75) is 13.3 Å². The van der Waals surface area contributed by atoms with Crippen molar-refractivity contribution >= 4 is 16.8 Å². The van der Waals surface area contributed by atoms with Gasteiger partial charge in [-0.2, -0.15) is 0 Å². The van der Waals surface area contributed by atoms with Gasteiger partial charge in [-0.25, -0.2) is 4.98 Å². The van der Waals surface area contributed by atoms with Crippen LogP contribution in [0.1, 0.15) is 11.1 Å². The zero-order valence-electron chi connectivity index (χ0n) is 15.4. The molecular weight excluding hydrogens is 328 g/mol. The molecule has 0 aliphatic rings. The molecule has 0 aliphatic heterocycles. The van der Waals surface area contributed by atoms with Crippen LogP contribution in [0.15, 0.2) is 42.5 Å². The molecule has 1 amide bonds. The fourth-order valence-corrected chi connectivity index (χ4v) is 2.92. The molecule has 1 aromatic heterocycles. The Labute approximate surface area is 152 Å². The zero-order valence-corrected chi connectivity index (χ0v) is 15.4. The Morgan fingerprint density at radius 3 is 2.62 bits per heavy atom. The molecule has 0 aliphatic carbocycles. The Balaban J connectivity index is 2.07. The highest BCUT2D eigenvalue weighted by atomic mass is 16.5. The summed E-state index contributed by atoms with van der Waals surface area (Å²) in [6.07, 6.45) is 0.366. The lowest BCUT2D eigenvalue weighted by atomic mass is 10.0. The van der Waals surface area contributed by atoms with Gasteiger partial charge in [0.15, 0.2) is 0 Å². The maximum atomic E-state index is 11.9. The van der Waals surface area contributed by atoms with Gasteiger partial charge in [-0.3, -0.25) is 4.79 Å². The van der Waals surface area contributed by atoms with Gasteiger partial charge >= 0.3 is 0 Å². The van der Waals surface area contributed by atoms with Crippen molar-refractivity contribution in [3.8, 4) is 22.8 Å². The Bertz CT molecular complexity index is 980. The lowest BCUT2D eigenvalue weighted by Crippen LogP contribution is -2.23. The fraction of sp³-hybridized carbons (Fsp3) is 0.238. The second-order valence-electron chi connectivity index (χ2n) is 6.53. The average molecular weight is 350 g/mol. The van der Waals surface area contributed by atoms with Crippen molar-refractivity contribution in [2.24, 2.45) is 0 Å². The highest BCUT2D eigenvalue weighted by Crippen LogP contribution is 2.34. The molecule has 3 rings (SSSR count). The van der Waals surface area contributed by atoms with Crippen LogP contribution in [-0.4, -0.2) is 42.1 Å². The summed E-state index contributed by atoms with van der Waals surface area (Å²) in [7, 11) is 5.11. The van der Waals surface area contributed by atoms with Crippen molar-refractivity contribution in [3.63, 3.8) is 0 Å². The number of pyridine rings is 1. The number of aromatic nitrogens is 1. The SMILES string of the molecule is COc1ccc(O)cc1-c1cc(C)c2cc(CC(=O)N(C)C)ccc2n1. The van der Waals surface area contributed by atoms with Crippen LogP contribution in [0.25, 0.3) is 22.2 Å². The number of carbonyl (C=O) groups is 1. The second kappa shape index (κ2) is 7.04. The number of hydrogen-bond acceptors (Lipinski definition) is 4. The first-order valence-electron chi connectivity index (χ1n) is 8.37. The molecule has 26 heavy (non-hydrogen) atoms. The van der Waals surface area contributed by atoms with E-state index in [9.17, 15) is 9.90 Å². The number of benzene rings is 2. The molecule has 0 bridgehead atoms. The fourth-order valence-electron chi connectivity index (χ4n) is 2.92. The van der Waals surface area contributed by atoms with Crippen molar-refractivity contribution in [3.05, 3.63) is 53.6 Å². The predicted molar refractivity (Wildman–Crippen MR) is 103 cm³/mol. The van der Waals surface area contributed by atoms with Crippen LogP contribution >= 0.6 is 0 Å². The number of phenolic OH excluding ortho intramolecular Hbond substituents is 1. The van der Waals surface area contributed by atoms with Crippen molar-refractivity contribution in [1.29, 1.82) is 0 Å². The van der Waals surface area contributed by atoms with Crippen LogP contribution in [-0.2, 0) is 11.2 Å². The monoisotopic (exact) mass is 350 g/mol. The smallest absolute Gasteiger partial charge is 0.226 e. The molecule has 0 atom stereocenters. The number of carbonyl (C=O) groups excluding carboxylic acids is 1. The van der Waals surface area contributed by atoms with E-state index < -0.39 is 0 Å². The van der Waals surface area contributed by atoms with E-state index in [0.717, 1.165) is 33.3 Å². The summed E-state index contributed by atoms with van der Waals surface area (Å²) < 4.78 is 5.40. The van der Waals surface area contributed by atoms with E-state index in [2.05, 4.69) is 0 Å². The minimum atomic E-state index is 0.0658. The quantitative estimate of drug-likeness (QED) is 0.781. The van der Waals surface area contributed by atoms with E-state index in [-0.39, 0.29) is 11.7 Å². The molecule has 5 heteroatoms. The van der Waals surface area contributed by atoms with Gasteiger partial charge in [0, 0.05) is 25.0 Å². The highest BCUT2D eigenvalue weighted by Gasteiger charge is 2.12. The molecule has 1 heterocycles. The molecule has 0 radical (unpaired) electrons. The van der Waals surface area contributed by atoms with Crippen molar-refractivity contribution in [1.82, 2.24) is 9.88 Å². The standard InChI is InChI=1S/C21H22N2O3/c1-13-9-19(17-12-15(24)6-8-20(17)26-4)22-18-7-5-14(10-16(13)18)11-21(25)23(2)3/h5-10,12,24H,11H2,1-4H3. The normalized spacial score (nSPS) is 10.8. The van der Waals surface area contributed by atoms with Gasteiger partial charge in [-0.1, -0.05) is 6.07 Å². The first kappa shape index (κ1) is 17.7. The molecule has 0 saturated carbocycles. The molecule has 5 nitrogen and oxygen atoms in total. The van der Waals surface area contributed by atoms with E-state index in [4.69, 9.17) is 9.72 Å². The summed E-state index contributed by atoms with van der Waals surface area (Å²) in [6.45, 7) is 2.01. The molecule has 1 N–H and O–H groups in total. The van der Waals surface area contributed by atoms with E-state index in [1.165, 1.54) is 0 Å². The maximum Gasteiger partial charge on any atom is 0.226 e. The summed E-state index contributed by atoms with van der Waals surface area (Å²) >= 11 is 0. The highest BCUT2D eigenvalue weighted by molar-refractivity contribution is 5.88. The average Bonchev–Trinajstić information content (AvgIpc) is 2.61. The van der Waals surface area contributed by atoms with Gasteiger partial charge in [0.25, 0.3) is 0 Å². The molecule has 0 fully saturated rings. The van der Waals surface area contributed by atoms with E-state index in [0.29, 0.717) is 12.2 Å². The number of aromatic hydroxyl groups is 1. The number of rotatable bonds is 4. The van der Waals surface area contributed by atoms with E-state index in [1.54, 1.807) is 44.3 Å². The first-order chi connectivity index (χ1) is 12.4. The Kier molecular flexibility index (Phi) is 4.80. The Hall–Kier alpha value is -3.08. The Morgan fingerprint density at radius 1 is 1.15 bits per heavy atom. The van der Waals surface area contributed by atoms with Crippen LogP contribution in [0.3, 0.4) is 0 Å². The first-order valence-corrected chi connectivity index (χ1v) is 8.37. The van der Waals surface area contributed by atoms with Gasteiger partial charge < -0.3 is 14.7 Å². The van der Waals surface area contributed by atoms with Crippen LogP contribution < -0.4 is 4.74 Å². The molecule has 2 aromatic carbocycles. The van der Waals surface area contributed by atoms with E-state index >= 15 is 0 Å². The number of fused-ring (bicyclic) bond motifs is 1. The number of nitrogens with zero attached hydrogens (tertiary/aromatic N) is 2. The van der Waals surface area contributed by atoms with Crippen molar-refractivity contribution < 1.29 is 14.6 Å². The second-order valence-corrected chi connectivity index (χ2v) is 6.53. The minimum Gasteiger partial charge on any atom is -0.508 e. The van der Waals surface area contributed by atoms with Gasteiger partial charge in [0.2, 0.25) is 5.91 Å². The number of likely N-dealkylation sites (N-methyl/N-ethyl adjacent to an activating group) is 1. The van der Waals surface area contributed by atoms with Crippen LogP contribution in [0, 0.1) is 6.92 Å². The number of aryl methyl sites for hydroxylation is 1. The summed E-state index contributed by atoms with van der Waals surface area (Å²) in [5.41, 5.74) is 4.33. The van der Waals surface area contributed by atoms with Gasteiger partial charge in [-0.15, -0.1) is 0 Å². The lowest BCUT2D eigenvalue weighted by Gasteiger charge is -2.13. The number of methoxy groups -OCH3 is 1.